The smallest absolute Gasteiger partial charge is 0.123 e. The highest BCUT2D eigenvalue weighted by Crippen LogP contribution is 2.36. The van der Waals surface area contributed by atoms with Crippen molar-refractivity contribution >= 4 is 0 Å². The molecule has 0 aliphatic heterocycles. The van der Waals surface area contributed by atoms with Crippen LogP contribution in [-0.2, 0) is 6.54 Å². The monoisotopic (exact) mass is 237 g/mol. The fourth-order valence-electron chi connectivity index (χ4n) is 2.59. The van der Waals surface area contributed by atoms with Gasteiger partial charge in [-0.2, -0.15) is 0 Å². The third-order valence-electron chi connectivity index (χ3n) is 3.74. The minimum atomic E-state index is -0.198. The molecule has 17 heavy (non-hydrogen) atoms. The first-order valence-electron chi connectivity index (χ1n) is 6.30. The van der Waals surface area contributed by atoms with Crippen molar-refractivity contribution in [3.8, 4) is 0 Å². The van der Waals surface area contributed by atoms with Gasteiger partial charge in [0.25, 0.3) is 0 Å². The molecule has 0 amide bonds. The Hall–Kier alpha value is -0.930. The quantitative estimate of drug-likeness (QED) is 0.824. The molecule has 1 fully saturated rings. The lowest BCUT2D eigenvalue weighted by atomic mass is 9.87. The molecule has 0 spiro atoms. The summed E-state index contributed by atoms with van der Waals surface area (Å²) in [7, 11) is 0. The number of hydrogen-bond donors (Lipinski definition) is 2. The Bertz CT molecular complexity index is 344. The number of halogens is 1. The van der Waals surface area contributed by atoms with Crippen LogP contribution in [0.2, 0.25) is 0 Å². The van der Waals surface area contributed by atoms with Crippen molar-refractivity contribution in [1.82, 2.24) is 5.32 Å². The van der Waals surface area contributed by atoms with Crippen LogP contribution in [0.25, 0.3) is 0 Å². The first-order chi connectivity index (χ1) is 8.24. The third-order valence-corrected chi connectivity index (χ3v) is 3.74. The van der Waals surface area contributed by atoms with E-state index in [-0.39, 0.29) is 17.8 Å². The molecule has 1 aromatic carbocycles. The zero-order chi connectivity index (χ0) is 12.1. The predicted octanol–water partition coefficient (Wildman–Crippen LogP) is 2.47. The maximum Gasteiger partial charge on any atom is 0.123 e. The van der Waals surface area contributed by atoms with Crippen LogP contribution in [-0.4, -0.2) is 18.3 Å². The average Bonchev–Trinajstić information content (AvgIpc) is 2.81. The Kier molecular flexibility index (Phi) is 4.13. The van der Waals surface area contributed by atoms with Gasteiger partial charge in [0.2, 0.25) is 0 Å². The third kappa shape index (κ3) is 3.27. The number of aliphatic hydroxyl groups is 1. The highest BCUT2D eigenvalue weighted by atomic mass is 19.1. The summed E-state index contributed by atoms with van der Waals surface area (Å²) >= 11 is 0. The van der Waals surface area contributed by atoms with Crippen molar-refractivity contribution in [2.24, 2.45) is 5.41 Å². The molecule has 0 unspecified atom stereocenters. The maximum absolute atomic E-state index is 12.7. The number of nitrogens with one attached hydrogen (secondary N) is 1. The molecular formula is C14H20FNO. The summed E-state index contributed by atoms with van der Waals surface area (Å²) in [5.41, 5.74) is 1.16. The summed E-state index contributed by atoms with van der Waals surface area (Å²) < 4.78 is 12.7. The number of rotatable bonds is 5. The van der Waals surface area contributed by atoms with E-state index in [4.69, 9.17) is 0 Å². The van der Waals surface area contributed by atoms with Crippen molar-refractivity contribution in [3.05, 3.63) is 35.6 Å². The Morgan fingerprint density at radius 1 is 1.18 bits per heavy atom. The van der Waals surface area contributed by atoms with Gasteiger partial charge in [-0.3, -0.25) is 0 Å². The van der Waals surface area contributed by atoms with Crippen molar-refractivity contribution in [3.63, 3.8) is 0 Å². The van der Waals surface area contributed by atoms with Gasteiger partial charge in [0, 0.05) is 25.1 Å². The van der Waals surface area contributed by atoms with E-state index < -0.39 is 0 Å². The maximum atomic E-state index is 12.7. The first kappa shape index (κ1) is 12.5. The Morgan fingerprint density at radius 3 is 2.41 bits per heavy atom. The van der Waals surface area contributed by atoms with E-state index in [1.807, 2.05) is 0 Å². The molecule has 1 aliphatic carbocycles. The molecule has 0 saturated heterocycles. The standard InChI is InChI=1S/C14H20FNO/c15-13-5-3-12(4-6-13)9-16-10-14(11-17)7-1-2-8-14/h3-6,16-17H,1-2,7-11H2. The highest BCUT2D eigenvalue weighted by Gasteiger charge is 2.32. The highest BCUT2D eigenvalue weighted by molar-refractivity contribution is 5.15. The minimum Gasteiger partial charge on any atom is -0.396 e. The molecule has 3 heteroatoms. The summed E-state index contributed by atoms with van der Waals surface area (Å²) in [4.78, 5) is 0. The van der Waals surface area contributed by atoms with E-state index in [0.29, 0.717) is 0 Å². The van der Waals surface area contributed by atoms with E-state index >= 15 is 0 Å². The van der Waals surface area contributed by atoms with Crippen LogP contribution in [0.1, 0.15) is 31.2 Å². The van der Waals surface area contributed by atoms with Gasteiger partial charge in [-0.05, 0) is 30.5 Å². The van der Waals surface area contributed by atoms with Gasteiger partial charge in [0.1, 0.15) is 5.82 Å². The number of hydrogen-bond acceptors (Lipinski definition) is 2. The minimum absolute atomic E-state index is 0.0834. The van der Waals surface area contributed by atoms with Gasteiger partial charge in [0.15, 0.2) is 0 Å². The Labute approximate surface area is 102 Å². The van der Waals surface area contributed by atoms with E-state index in [9.17, 15) is 9.50 Å². The number of aliphatic hydroxyl groups excluding tert-OH is 1. The van der Waals surface area contributed by atoms with Gasteiger partial charge < -0.3 is 10.4 Å². The fourth-order valence-corrected chi connectivity index (χ4v) is 2.59. The summed E-state index contributed by atoms with van der Waals surface area (Å²) in [6, 6.07) is 6.55. The van der Waals surface area contributed by atoms with Gasteiger partial charge in [-0.1, -0.05) is 25.0 Å². The normalized spacial score (nSPS) is 18.5. The fraction of sp³-hybridized carbons (Fsp3) is 0.571. The lowest BCUT2D eigenvalue weighted by Crippen LogP contribution is -2.34. The lowest BCUT2D eigenvalue weighted by Gasteiger charge is -2.26. The molecule has 2 rings (SSSR count). The van der Waals surface area contributed by atoms with Crippen molar-refractivity contribution in [2.45, 2.75) is 32.2 Å². The van der Waals surface area contributed by atoms with E-state index in [1.165, 1.54) is 25.0 Å². The molecule has 2 N–H and O–H groups in total. The van der Waals surface area contributed by atoms with Crippen LogP contribution < -0.4 is 5.32 Å². The predicted molar refractivity (Wildman–Crippen MR) is 66.1 cm³/mol. The summed E-state index contributed by atoms with van der Waals surface area (Å²) in [6.07, 6.45) is 4.66. The van der Waals surface area contributed by atoms with Crippen LogP contribution in [0, 0.1) is 11.2 Å². The van der Waals surface area contributed by atoms with Gasteiger partial charge in [-0.15, -0.1) is 0 Å². The van der Waals surface area contributed by atoms with E-state index in [0.717, 1.165) is 31.5 Å². The summed E-state index contributed by atoms with van der Waals surface area (Å²) in [5.74, 6) is -0.198. The zero-order valence-corrected chi connectivity index (χ0v) is 10.1. The molecule has 2 nitrogen and oxygen atoms in total. The Balaban J connectivity index is 1.80. The van der Waals surface area contributed by atoms with Gasteiger partial charge >= 0.3 is 0 Å². The van der Waals surface area contributed by atoms with Gasteiger partial charge in [0.05, 0.1) is 0 Å². The van der Waals surface area contributed by atoms with Crippen LogP contribution in [0.4, 0.5) is 4.39 Å². The van der Waals surface area contributed by atoms with Crippen LogP contribution in [0.3, 0.4) is 0 Å². The van der Waals surface area contributed by atoms with Crippen LogP contribution >= 0.6 is 0 Å². The molecule has 0 atom stereocenters. The second kappa shape index (κ2) is 5.61. The second-order valence-corrected chi connectivity index (χ2v) is 5.10. The SMILES string of the molecule is OCC1(CNCc2ccc(F)cc2)CCCC1. The van der Waals surface area contributed by atoms with Crippen LogP contribution in [0.5, 0.6) is 0 Å². The summed E-state index contributed by atoms with van der Waals surface area (Å²) in [6.45, 7) is 1.85. The van der Waals surface area contributed by atoms with E-state index in [1.54, 1.807) is 12.1 Å². The van der Waals surface area contributed by atoms with Crippen molar-refractivity contribution < 1.29 is 9.50 Å². The topological polar surface area (TPSA) is 32.3 Å². The molecule has 0 bridgehead atoms. The number of benzene rings is 1. The summed E-state index contributed by atoms with van der Waals surface area (Å²) in [5, 5.41) is 12.8. The molecule has 1 saturated carbocycles. The first-order valence-corrected chi connectivity index (χ1v) is 6.30. The molecule has 0 radical (unpaired) electrons. The van der Waals surface area contributed by atoms with E-state index in [2.05, 4.69) is 5.32 Å². The largest absolute Gasteiger partial charge is 0.396 e. The van der Waals surface area contributed by atoms with Gasteiger partial charge in [-0.25, -0.2) is 4.39 Å². The van der Waals surface area contributed by atoms with Crippen molar-refractivity contribution in [1.29, 1.82) is 0 Å². The zero-order valence-electron chi connectivity index (χ0n) is 10.1. The molecule has 0 aromatic heterocycles. The molecule has 0 heterocycles. The molecular weight excluding hydrogens is 217 g/mol. The molecule has 94 valence electrons. The molecule has 1 aromatic rings. The average molecular weight is 237 g/mol. The van der Waals surface area contributed by atoms with Crippen LogP contribution in [0.15, 0.2) is 24.3 Å². The second-order valence-electron chi connectivity index (χ2n) is 5.10. The lowest BCUT2D eigenvalue weighted by molar-refractivity contribution is 0.128. The Morgan fingerprint density at radius 2 is 1.82 bits per heavy atom. The van der Waals surface area contributed by atoms with Crippen molar-refractivity contribution in [2.75, 3.05) is 13.2 Å². The molecule has 1 aliphatic rings.